The molecule has 1 aromatic carbocycles. The number of hydrogen-bond donors (Lipinski definition) is 1. The summed E-state index contributed by atoms with van der Waals surface area (Å²) in [6.07, 6.45) is 7.05. The molecule has 2 aliphatic rings. The molecule has 0 radical (unpaired) electrons. The van der Waals surface area contributed by atoms with Crippen molar-refractivity contribution in [3.63, 3.8) is 0 Å². The Bertz CT molecular complexity index is 636. The highest BCUT2D eigenvalue weighted by Crippen LogP contribution is 2.36. The van der Waals surface area contributed by atoms with Crippen molar-refractivity contribution in [3.05, 3.63) is 24.1 Å². The number of nitrogens with zero attached hydrogens (tertiary/aromatic N) is 2. The third kappa shape index (κ3) is 2.64. The van der Waals surface area contributed by atoms with Gasteiger partial charge >= 0.3 is 0 Å². The van der Waals surface area contributed by atoms with Gasteiger partial charge in [0.1, 0.15) is 5.52 Å². The molecule has 21 heavy (non-hydrogen) atoms. The smallest absolute Gasteiger partial charge is 0.209 e. The van der Waals surface area contributed by atoms with Crippen molar-refractivity contribution in [1.29, 1.82) is 0 Å². The summed E-state index contributed by atoms with van der Waals surface area (Å²) in [5.41, 5.74) is 8.25. The number of fused-ring (bicyclic) bond motifs is 2. The van der Waals surface area contributed by atoms with Crippen LogP contribution in [-0.4, -0.2) is 23.0 Å². The van der Waals surface area contributed by atoms with Crippen LogP contribution in [0.5, 0.6) is 0 Å². The predicted molar refractivity (Wildman–Crippen MR) is 83.8 cm³/mol. The number of piperidine rings is 1. The van der Waals surface area contributed by atoms with Gasteiger partial charge in [0.15, 0.2) is 5.58 Å². The van der Waals surface area contributed by atoms with E-state index in [-0.39, 0.29) is 0 Å². The van der Waals surface area contributed by atoms with Crippen molar-refractivity contribution < 1.29 is 4.42 Å². The standard InChI is InChI=1S/C17H23N3O/c18-14-5-6-16-15(9-14)19-17(21-16)11-20-8-7-12-3-1-2-4-13(12)10-20/h5-6,9,12-13H,1-4,7-8,10-11,18H2. The van der Waals surface area contributed by atoms with Crippen LogP contribution in [0.3, 0.4) is 0 Å². The second kappa shape index (κ2) is 5.34. The fourth-order valence-electron chi connectivity index (χ4n) is 4.07. The Balaban J connectivity index is 1.47. The lowest BCUT2D eigenvalue weighted by molar-refractivity contribution is 0.0766. The molecule has 4 rings (SSSR count). The average molecular weight is 285 g/mol. The first-order valence-electron chi connectivity index (χ1n) is 8.15. The largest absolute Gasteiger partial charge is 0.439 e. The van der Waals surface area contributed by atoms with E-state index in [1.807, 2.05) is 18.2 Å². The zero-order valence-electron chi connectivity index (χ0n) is 12.4. The van der Waals surface area contributed by atoms with E-state index >= 15 is 0 Å². The fourth-order valence-corrected chi connectivity index (χ4v) is 4.07. The molecule has 0 spiro atoms. The van der Waals surface area contributed by atoms with Gasteiger partial charge in [-0.3, -0.25) is 4.90 Å². The lowest BCUT2D eigenvalue weighted by atomic mass is 9.75. The van der Waals surface area contributed by atoms with E-state index in [1.54, 1.807) is 0 Å². The SMILES string of the molecule is Nc1ccc2oc(CN3CCC4CCCCC4C3)nc2c1. The highest BCUT2D eigenvalue weighted by atomic mass is 16.3. The molecule has 1 saturated heterocycles. The number of oxazole rings is 1. The number of benzene rings is 1. The summed E-state index contributed by atoms with van der Waals surface area (Å²) < 4.78 is 5.85. The summed E-state index contributed by atoms with van der Waals surface area (Å²) in [6, 6.07) is 5.66. The number of nitrogen functional groups attached to an aromatic ring is 1. The van der Waals surface area contributed by atoms with E-state index in [0.29, 0.717) is 0 Å². The molecule has 112 valence electrons. The van der Waals surface area contributed by atoms with Gasteiger partial charge in [0.25, 0.3) is 0 Å². The maximum Gasteiger partial charge on any atom is 0.209 e. The number of anilines is 1. The maximum atomic E-state index is 5.85. The van der Waals surface area contributed by atoms with Gasteiger partial charge in [-0.15, -0.1) is 0 Å². The summed E-state index contributed by atoms with van der Waals surface area (Å²) in [4.78, 5) is 7.10. The summed E-state index contributed by atoms with van der Waals surface area (Å²) in [7, 11) is 0. The molecule has 2 aromatic rings. The molecule has 1 aliphatic heterocycles. The van der Waals surface area contributed by atoms with Gasteiger partial charge in [0.05, 0.1) is 6.54 Å². The lowest BCUT2D eigenvalue weighted by Crippen LogP contribution is -2.41. The zero-order chi connectivity index (χ0) is 14.2. The Morgan fingerprint density at radius 1 is 1.19 bits per heavy atom. The molecule has 2 unspecified atom stereocenters. The Kier molecular flexibility index (Phi) is 3.34. The van der Waals surface area contributed by atoms with Crippen molar-refractivity contribution in [2.24, 2.45) is 11.8 Å². The second-order valence-corrected chi connectivity index (χ2v) is 6.66. The minimum atomic E-state index is 0.741. The van der Waals surface area contributed by atoms with E-state index in [1.165, 1.54) is 45.2 Å². The molecule has 1 aromatic heterocycles. The summed E-state index contributed by atoms with van der Waals surface area (Å²) in [5.74, 6) is 2.69. The van der Waals surface area contributed by atoms with E-state index in [2.05, 4.69) is 9.88 Å². The van der Waals surface area contributed by atoms with Crippen molar-refractivity contribution in [3.8, 4) is 0 Å². The van der Waals surface area contributed by atoms with E-state index in [0.717, 1.165) is 41.1 Å². The highest BCUT2D eigenvalue weighted by molar-refractivity contribution is 5.76. The third-order valence-electron chi connectivity index (χ3n) is 5.19. The summed E-state index contributed by atoms with van der Waals surface area (Å²) in [5, 5.41) is 0. The number of nitrogens with two attached hydrogens (primary N) is 1. The number of aromatic nitrogens is 1. The highest BCUT2D eigenvalue weighted by Gasteiger charge is 2.31. The van der Waals surface area contributed by atoms with Gasteiger partial charge in [-0.2, -0.15) is 0 Å². The second-order valence-electron chi connectivity index (χ2n) is 6.66. The minimum absolute atomic E-state index is 0.741. The van der Waals surface area contributed by atoms with Crippen molar-refractivity contribution in [1.82, 2.24) is 9.88 Å². The molecular formula is C17H23N3O. The molecule has 0 amide bonds. The van der Waals surface area contributed by atoms with Crippen LogP contribution in [-0.2, 0) is 6.54 Å². The monoisotopic (exact) mass is 285 g/mol. The lowest BCUT2D eigenvalue weighted by Gasteiger charge is -2.40. The molecular weight excluding hydrogens is 262 g/mol. The topological polar surface area (TPSA) is 55.3 Å². The van der Waals surface area contributed by atoms with Crippen LogP contribution in [0.4, 0.5) is 5.69 Å². The Morgan fingerprint density at radius 3 is 2.95 bits per heavy atom. The Labute approximate surface area is 125 Å². The van der Waals surface area contributed by atoms with Crippen LogP contribution in [0.15, 0.2) is 22.6 Å². The quantitative estimate of drug-likeness (QED) is 0.859. The van der Waals surface area contributed by atoms with Gasteiger partial charge in [-0.25, -0.2) is 4.98 Å². The third-order valence-corrected chi connectivity index (χ3v) is 5.19. The van der Waals surface area contributed by atoms with Crippen LogP contribution in [0.2, 0.25) is 0 Å². The molecule has 2 heterocycles. The van der Waals surface area contributed by atoms with Crippen LogP contribution >= 0.6 is 0 Å². The molecule has 2 fully saturated rings. The van der Waals surface area contributed by atoms with Crippen LogP contribution in [0, 0.1) is 11.8 Å². The first-order valence-corrected chi connectivity index (χ1v) is 8.15. The first kappa shape index (κ1) is 13.1. The Morgan fingerprint density at radius 2 is 2.05 bits per heavy atom. The van der Waals surface area contributed by atoms with Gasteiger partial charge in [0.2, 0.25) is 5.89 Å². The molecule has 1 saturated carbocycles. The zero-order valence-corrected chi connectivity index (χ0v) is 12.4. The van der Waals surface area contributed by atoms with Crippen LogP contribution in [0.25, 0.3) is 11.1 Å². The van der Waals surface area contributed by atoms with E-state index < -0.39 is 0 Å². The van der Waals surface area contributed by atoms with Gasteiger partial charge < -0.3 is 10.2 Å². The normalized spacial score (nSPS) is 26.9. The van der Waals surface area contributed by atoms with E-state index in [9.17, 15) is 0 Å². The molecule has 0 bridgehead atoms. The van der Waals surface area contributed by atoms with E-state index in [4.69, 9.17) is 10.2 Å². The number of hydrogen-bond acceptors (Lipinski definition) is 4. The summed E-state index contributed by atoms with van der Waals surface area (Å²) in [6.45, 7) is 3.23. The molecule has 2 N–H and O–H groups in total. The predicted octanol–water partition coefficient (Wildman–Crippen LogP) is 3.42. The molecule has 2 atom stereocenters. The summed E-state index contributed by atoms with van der Waals surface area (Å²) >= 11 is 0. The Hall–Kier alpha value is -1.55. The maximum absolute atomic E-state index is 5.85. The molecule has 4 heteroatoms. The average Bonchev–Trinajstić information content (AvgIpc) is 2.88. The first-order chi connectivity index (χ1) is 10.3. The minimum Gasteiger partial charge on any atom is -0.439 e. The van der Waals surface area contributed by atoms with Crippen molar-refractivity contribution in [2.75, 3.05) is 18.8 Å². The van der Waals surface area contributed by atoms with Crippen LogP contribution < -0.4 is 5.73 Å². The number of likely N-dealkylation sites (tertiary alicyclic amines) is 1. The van der Waals surface area contributed by atoms with Gasteiger partial charge in [-0.1, -0.05) is 19.3 Å². The van der Waals surface area contributed by atoms with Crippen molar-refractivity contribution >= 4 is 16.8 Å². The van der Waals surface area contributed by atoms with Crippen molar-refractivity contribution in [2.45, 2.75) is 38.6 Å². The van der Waals surface area contributed by atoms with Crippen LogP contribution in [0.1, 0.15) is 38.0 Å². The van der Waals surface area contributed by atoms with Gasteiger partial charge in [-0.05, 0) is 49.4 Å². The number of rotatable bonds is 2. The molecule has 1 aliphatic carbocycles. The van der Waals surface area contributed by atoms with Gasteiger partial charge in [0, 0.05) is 12.2 Å². The molecule has 4 nitrogen and oxygen atoms in total. The fraction of sp³-hybridized carbons (Fsp3) is 0.588.